The Bertz CT molecular complexity index is 1430. The fraction of sp³-hybridized carbons (Fsp3) is 0. The van der Waals surface area contributed by atoms with Crippen LogP contribution in [0.3, 0.4) is 0 Å². The van der Waals surface area contributed by atoms with E-state index in [2.05, 4.69) is 0 Å². The van der Waals surface area contributed by atoms with Gasteiger partial charge in [0, 0.05) is 48.5 Å². The number of benzene rings is 4. The van der Waals surface area contributed by atoms with Gasteiger partial charge in [-0.2, -0.15) is 0 Å². The summed E-state index contributed by atoms with van der Waals surface area (Å²) in [5.41, 5.74) is -1.05. The van der Waals surface area contributed by atoms with Gasteiger partial charge >= 0.3 is 0 Å². The maximum Gasteiger partial charge on any atom is 0.211 e. The molecule has 0 heterocycles. The summed E-state index contributed by atoms with van der Waals surface area (Å²) in [4.78, 5) is 0. The number of phenols is 10. The van der Waals surface area contributed by atoms with Crippen molar-refractivity contribution < 1.29 is 60.5 Å². The van der Waals surface area contributed by atoms with Gasteiger partial charge in [-0.3, -0.25) is 0 Å². The second-order valence-corrected chi connectivity index (χ2v) is 7.51. The quantitative estimate of drug-likeness (QED) is 0.189. The summed E-state index contributed by atoms with van der Waals surface area (Å²) in [5.74, 6) is -8.13. The molecule has 0 radical (unpaired) electrons. The van der Waals surface area contributed by atoms with Crippen LogP contribution in [0, 0.1) is 0 Å². The highest BCUT2D eigenvalue weighted by Gasteiger charge is 2.26. The highest BCUT2D eigenvalue weighted by molar-refractivity contribution is 5.88. The van der Waals surface area contributed by atoms with E-state index in [1.54, 1.807) is 0 Å². The van der Waals surface area contributed by atoms with Crippen molar-refractivity contribution in [1.82, 2.24) is 0 Å². The Kier molecular flexibility index (Phi) is 5.70. The first-order valence-electron chi connectivity index (χ1n) is 9.92. The average molecular weight is 498 g/mol. The van der Waals surface area contributed by atoms with Gasteiger partial charge < -0.3 is 60.5 Å². The number of hydrogen-bond donors (Lipinski definition) is 10. The lowest BCUT2D eigenvalue weighted by Gasteiger charge is -2.17. The minimum Gasteiger partial charge on any atom is -0.508 e. The van der Waals surface area contributed by atoms with Gasteiger partial charge in [-0.05, 0) is 0 Å². The van der Waals surface area contributed by atoms with Crippen LogP contribution in [0.5, 0.6) is 80.5 Å². The molecule has 12 nitrogen and oxygen atoms in total. The second kappa shape index (κ2) is 8.68. The molecule has 0 atom stereocenters. The van der Waals surface area contributed by atoms with Gasteiger partial charge in [0.2, 0.25) is 11.5 Å². The summed E-state index contributed by atoms with van der Waals surface area (Å²) in [5, 5.41) is 101. The maximum atomic E-state index is 10.7. The molecule has 0 saturated heterocycles. The molecule has 36 heavy (non-hydrogen) atoms. The first kappa shape index (κ1) is 23.6. The van der Waals surface area contributed by atoms with Crippen molar-refractivity contribution in [2.45, 2.75) is 0 Å². The van der Waals surface area contributed by atoms with E-state index in [0.717, 1.165) is 48.5 Å². The van der Waals surface area contributed by atoms with E-state index in [9.17, 15) is 51.1 Å². The van der Waals surface area contributed by atoms with Gasteiger partial charge in [0.15, 0.2) is 23.0 Å². The summed E-state index contributed by atoms with van der Waals surface area (Å²) in [7, 11) is 0. The van der Waals surface area contributed by atoms with E-state index >= 15 is 0 Å². The Morgan fingerprint density at radius 3 is 1.33 bits per heavy atom. The van der Waals surface area contributed by atoms with Crippen LogP contribution in [0.25, 0.3) is 11.1 Å². The molecule has 4 aromatic rings. The lowest BCUT2D eigenvalue weighted by molar-refractivity contribution is 0.354. The molecule has 0 aliphatic carbocycles. The fourth-order valence-electron chi connectivity index (χ4n) is 3.42. The van der Waals surface area contributed by atoms with Gasteiger partial charge in [0.05, 0.1) is 11.1 Å². The molecule has 0 aromatic heterocycles. The van der Waals surface area contributed by atoms with Crippen LogP contribution >= 0.6 is 0 Å². The number of aromatic hydroxyl groups is 10. The molecular weight excluding hydrogens is 480 g/mol. The van der Waals surface area contributed by atoms with Crippen LogP contribution in [-0.2, 0) is 0 Å². The zero-order valence-electron chi connectivity index (χ0n) is 17.9. The Hall–Kier alpha value is -5.52. The minimum absolute atomic E-state index is 0.126. The summed E-state index contributed by atoms with van der Waals surface area (Å²) >= 11 is 0. The Morgan fingerprint density at radius 2 is 0.778 bits per heavy atom. The summed E-state index contributed by atoms with van der Waals surface area (Å²) in [6.07, 6.45) is 0. The van der Waals surface area contributed by atoms with E-state index in [-0.39, 0.29) is 23.0 Å². The molecule has 4 aromatic carbocycles. The Balaban J connectivity index is 1.74. The molecule has 0 spiro atoms. The molecule has 10 N–H and O–H groups in total. The highest BCUT2D eigenvalue weighted by atomic mass is 16.5. The molecule has 0 fully saturated rings. The standard InChI is InChI=1S/C24H18O12/c25-9-1-10(26)3-12(2-9)35-23-17(31)6-13(7-18(23)32)36-24-19(33)8-16(30)21(22(24)34)20-14(28)4-11(27)5-15(20)29/h1-8,25-34H. The predicted molar refractivity (Wildman–Crippen MR) is 122 cm³/mol. The molecular formula is C24H18O12. The highest BCUT2D eigenvalue weighted by Crippen LogP contribution is 2.55. The van der Waals surface area contributed by atoms with Gasteiger partial charge in [-0.25, -0.2) is 0 Å². The molecule has 4 rings (SSSR count). The van der Waals surface area contributed by atoms with Crippen molar-refractivity contribution in [3.8, 4) is 91.6 Å². The lowest BCUT2D eigenvalue weighted by atomic mass is 10.00. The van der Waals surface area contributed by atoms with Gasteiger partial charge in [0.25, 0.3) is 0 Å². The lowest BCUT2D eigenvalue weighted by Crippen LogP contribution is -1.92. The zero-order valence-corrected chi connectivity index (χ0v) is 17.9. The number of hydrogen-bond acceptors (Lipinski definition) is 12. The Morgan fingerprint density at radius 1 is 0.361 bits per heavy atom. The van der Waals surface area contributed by atoms with E-state index in [0.29, 0.717) is 0 Å². The fourth-order valence-corrected chi connectivity index (χ4v) is 3.42. The van der Waals surface area contributed by atoms with Gasteiger partial charge in [-0.1, -0.05) is 0 Å². The third kappa shape index (κ3) is 4.33. The maximum absolute atomic E-state index is 10.7. The van der Waals surface area contributed by atoms with E-state index < -0.39 is 68.6 Å². The third-order valence-corrected chi connectivity index (χ3v) is 4.88. The molecule has 186 valence electrons. The van der Waals surface area contributed by atoms with Crippen LogP contribution < -0.4 is 9.47 Å². The number of rotatable bonds is 5. The molecule has 0 amide bonds. The van der Waals surface area contributed by atoms with Crippen LogP contribution in [0.1, 0.15) is 0 Å². The van der Waals surface area contributed by atoms with Crippen molar-refractivity contribution in [2.24, 2.45) is 0 Å². The first-order chi connectivity index (χ1) is 16.9. The van der Waals surface area contributed by atoms with E-state index in [1.165, 1.54) is 0 Å². The first-order valence-corrected chi connectivity index (χ1v) is 9.92. The van der Waals surface area contributed by atoms with Crippen molar-refractivity contribution in [1.29, 1.82) is 0 Å². The van der Waals surface area contributed by atoms with E-state index in [4.69, 9.17) is 9.47 Å². The molecule has 0 unspecified atom stereocenters. The van der Waals surface area contributed by atoms with Gasteiger partial charge in [-0.15, -0.1) is 0 Å². The number of phenolic OH excluding ortho intramolecular Hbond substituents is 10. The molecule has 12 heteroatoms. The average Bonchev–Trinajstić information content (AvgIpc) is 2.74. The Labute approximate surface area is 201 Å². The van der Waals surface area contributed by atoms with Crippen molar-refractivity contribution >= 4 is 0 Å². The molecule has 0 bridgehead atoms. The van der Waals surface area contributed by atoms with Crippen LogP contribution in [0.2, 0.25) is 0 Å². The largest absolute Gasteiger partial charge is 0.508 e. The summed E-state index contributed by atoms with van der Waals surface area (Å²) < 4.78 is 10.7. The van der Waals surface area contributed by atoms with Crippen molar-refractivity contribution in [3.05, 3.63) is 48.5 Å². The van der Waals surface area contributed by atoms with Crippen molar-refractivity contribution in [2.75, 3.05) is 0 Å². The van der Waals surface area contributed by atoms with Crippen LogP contribution in [0.4, 0.5) is 0 Å². The molecule has 0 aliphatic heterocycles. The monoisotopic (exact) mass is 498 g/mol. The van der Waals surface area contributed by atoms with E-state index in [1.807, 2.05) is 0 Å². The predicted octanol–water partition coefficient (Wildman–Crippen LogP) is 3.99. The summed E-state index contributed by atoms with van der Waals surface area (Å²) in [6.45, 7) is 0. The number of ether oxygens (including phenoxy) is 2. The smallest absolute Gasteiger partial charge is 0.211 e. The molecule has 0 saturated carbocycles. The normalized spacial score (nSPS) is 10.8. The topological polar surface area (TPSA) is 221 Å². The van der Waals surface area contributed by atoms with Crippen LogP contribution in [-0.4, -0.2) is 51.1 Å². The summed E-state index contributed by atoms with van der Waals surface area (Å²) in [6, 6.07) is 7.51. The van der Waals surface area contributed by atoms with Crippen molar-refractivity contribution in [3.63, 3.8) is 0 Å². The molecule has 0 aliphatic rings. The zero-order chi connectivity index (χ0) is 26.3. The SMILES string of the molecule is Oc1cc(O)cc(Oc2c(O)cc(Oc3c(O)cc(O)c(-c4c(O)cc(O)cc4O)c3O)cc2O)c1. The minimum atomic E-state index is -0.946. The second-order valence-electron chi connectivity index (χ2n) is 7.51. The van der Waals surface area contributed by atoms with Gasteiger partial charge in [0.1, 0.15) is 46.0 Å². The van der Waals surface area contributed by atoms with Crippen LogP contribution in [0.15, 0.2) is 48.5 Å². The third-order valence-electron chi connectivity index (χ3n) is 4.88.